The molecule has 0 saturated heterocycles. The zero-order valence-electron chi connectivity index (χ0n) is 14.9. The molecule has 0 fully saturated rings. The number of carbonyl (C=O) groups excluding carboxylic acids is 3. The van der Waals surface area contributed by atoms with Crippen molar-refractivity contribution in [2.75, 3.05) is 33.5 Å². The zero-order valence-corrected chi connectivity index (χ0v) is 14.9. The van der Waals surface area contributed by atoms with Crippen LogP contribution >= 0.6 is 0 Å². The van der Waals surface area contributed by atoms with Gasteiger partial charge in [0.15, 0.2) is 18.1 Å². The van der Waals surface area contributed by atoms with Crippen LogP contribution in [0.2, 0.25) is 0 Å². The van der Waals surface area contributed by atoms with Crippen molar-refractivity contribution in [3.63, 3.8) is 0 Å². The van der Waals surface area contributed by atoms with Gasteiger partial charge in [-0.25, -0.2) is 9.59 Å². The fraction of sp³-hybridized carbons (Fsp3) is 0.471. The Hall–Kier alpha value is -2.97. The highest BCUT2D eigenvalue weighted by atomic mass is 16.6. The molecule has 0 saturated carbocycles. The Kier molecular flexibility index (Phi) is 6.65. The molecule has 9 nitrogen and oxygen atoms in total. The first-order valence-corrected chi connectivity index (χ1v) is 8.13. The quantitative estimate of drug-likeness (QED) is 0.725. The Balaban J connectivity index is 1.91. The third-order valence-corrected chi connectivity index (χ3v) is 3.32. The molecule has 1 heterocycles. The lowest BCUT2D eigenvalue weighted by Gasteiger charge is -2.21. The average Bonchev–Trinajstić information content (AvgIpc) is 2.63. The Morgan fingerprint density at radius 3 is 2.62 bits per heavy atom. The van der Waals surface area contributed by atoms with Gasteiger partial charge in [-0.1, -0.05) is 13.8 Å². The SMILES string of the molecule is COc1cc(C(=O)OCC(=O)NC(=O)NCC(C)C)cc2c1OCCO2. The summed E-state index contributed by atoms with van der Waals surface area (Å²) in [5.41, 5.74) is 0.142. The standard InChI is InChI=1S/C17H22N2O7/c1-10(2)8-18-17(22)19-14(20)9-26-16(21)11-6-12(23-3)15-13(7-11)24-4-5-25-15/h6-7,10H,4-5,8-9H2,1-3H3,(H2,18,19,20,22). The zero-order chi connectivity index (χ0) is 19.1. The van der Waals surface area contributed by atoms with Crippen LogP contribution < -0.4 is 24.8 Å². The van der Waals surface area contributed by atoms with Crippen molar-refractivity contribution in [1.82, 2.24) is 10.6 Å². The minimum Gasteiger partial charge on any atom is -0.493 e. The van der Waals surface area contributed by atoms with Gasteiger partial charge in [0.05, 0.1) is 12.7 Å². The van der Waals surface area contributed by atoms with Crippen LogP contribution in [0.5, 0.6) is 17.2 Å². The van der Waals surface area contributed by atoms with Gasteiger partial charge in [-0.2, -0.15) is 0 Å². The van der Waals surface area contributed by atoms with E-state index in [0.717, 1.165) is 0 Å². The first kappa shape index (κ1) is 19.4. The number of ether oxygens (including phenoxy) is 4. The minimum absolute atomic E-state index is 0.142. The molecule has 0 spiro atoms. The number of benzene rings is 1. The number of rotatable bonds is 6. The van der Waals surface area contributed by atoms with Crippen LogP contribution in [0, 0.1) is 5.92 Å². The van der Waals surface area contributed by atoms with E-state index in [2.05, 4.69) is 10.6 Å². The Bertz CT molecular complexity index is 671. The van der Waals surface area contributed by atoms with Crippen LogP contribution in [0.3, 0.4) is 0 Å². The summed E-state index contributed by atoms with van der Waals surface area (Å²) in [7, 11) is 1.44. The van der Waals surface area contributed by atoms with Gasteiger partial charge in [-0.3, -0.25) is 10.1 Å². The highest BCUT2D eigenvalue weighted by Crippen LogP contribution is 2.40. The molecule has 0 aliphatic carbocycles. The summed E-state index contributed by atoms with van der Waals surface area (Å²) in [5.74, 6) is -0.136. The van der Waals surface area contributed by atoms with E-state index in [1.54, 1.807) is 0 Å². The van der Waals surface area contributed by atoms with Gasteiger partial charge in [0.1, 0.15) is 13.2 Å². The third kappa shape index (κ3) is 5.27. The van der Waals surface area contributed by atoms with Gasteiger partial charge in [0.25, 0.3) is 5.91 Å². The molecular formula is C17H22N2O7. The van der Waals surface area contributed by atoms with E-state index in [4.69, 9.17) is 18.9 Å². The number of nitrogens with one attached hydrogen (secondary N) is 2. The number of hydrogen-bond donors (Lipinski definition) is 2. The summed E-state index contributed by atoms with van der Waals surface area (Å²) in [6.07, 6.45) is 0. The number of imide groups is 1. The molecule has 0 radical (unpaired) electrons. The van der Waals surface area contributed by atoms with Gasteiger partial charge >= 0.3 is 12.0 Å². The second-order valence-electron chi connectivity index (χ2n) is 5.93. The first-order chi connectivity index (χ1) is 12.4. The van der Waals surface area contributed by atoms with E-state index >= 15 is 0 Å². The minimum atomic E-state index is -0.752. The van der Waals surface area contributed by atoms with Crippen molar-refractivity contribution in [3.05, 3.63) is 17.7 Å². The van der Waals surface area contributed by atoms with E-state index < -0.39 is 24.5 Å². The first-order valence-electron chi connectivity index (χ1n) is 8.13. The fourth-order valence-electron chi connectivity index (χ4n) is 2.11. The molecule has 0 atom stereocenters. The average molecular weight is 366 g/mol. The number of esters is 1. The summed E-state index contributed by atoms with van der Waals surface area (Å²) in [6.45, 7) is 4.41. The summed E-state index contributed by atoms with van der Waals surface area (Å²) in [5, 5.41) is 4.60. The maximum atomic E-state index is 12.1. The molecule has 1 aromatic rings. The molecule has 1 aliphatic rings. The van der Waals surface area contributed by atoms with Crippen LogP contribution in [0.15, 0.2) is 12.1 Å². The second-order valence-corrected chi connectivity index (χ2v) is 5.93. The molecule has 3 amide bonds. The van der Waals surface area contributed by atoms with Gasteiger partial charge in [0.2, 0.25) is 5.75 Å². The van der Waals surface area contributed by atoms with Crippen molar-refractivity contribution in [2.24, 2.45) is 5.92 Å². The summed E-state index contributed by atoms with van der Waals surface area (Å²) in [6, 6.07) is 2.25. The van der Waals surface area contributed by atoms with Gasteiger partial charge in [-0.15, -0.1) is 0 Å². The van der Waals surface area contributed by atoms with E-state index in [-0.39, 0.29) is 11.5 Å². The molecule has 9 heteroatoms. The topological polar surface area (TPSA) is 112 Å². The van der Waals surface area contributed by atoms with Crippen LogP contribution in [0.25, 0.3) is 0 Å². The molecule has 0 bridgehead atoms. The molecule has 26 heavy (non-hydrogen) atoms. The number of urea groups is 1. The summed E-state index contributed by atoms with van der Waals surface area (Å²) in [4.78, 5) is 35.3. The monoisotopic (exact) mass is 366 g/mol. The number of amides is 3. The Morgan fingerprint density at radius 1 is 1.19 bits per heavy atom. The summed E-state index contributed by atoms with van der Waals surface area (Å²) < 4.78 is 21.0. The highest BCUT2D eigenvalue weighted by molar-refractivity contribution is 5.97. The molecule has 0 unspecified atom stereocenters. The number of methoxy groups -OCH3 is 1. The second kappa shape index (κ2) is 8.93. The normalized spacial score (nSPS) is 12.3. The third-order valence-electron chi connectivity index (χ3n) is 3.32. The fourth-order valence-corrected chi connectivity index (χ4v) is 2.11. The lowest BCUT2D eigenvalue weighted by Crippen LogP contribution is -2.42. The smallest absolute Gasteiger partial charge is 0.338 e. The lowest BCUT2D eigenvalue weighted by molar-refractivity contribution is -0.123. The van der Waals surface area contributed by atoms with E-state index in [9.17, 15) is 14.4 Å². The van der Waals surface area contributed by atoms with Crippen molar-refractivity contribution in [3.8, 4) is 17.2 Å². The molecule has 1 aliphatic heterocycles. The lowest BCUT2D eigenvalue weighted by atomic mass is 10.1. The van der Waals surface area contributed by atoms with Crippen molar-refractivity contribution in [2.45, 2.75) is 13.8 Å². The number of fused-ring (bicyclic) bond motifs is 1. The van der Waals surface area contributed by atoms with Gasteiger partial charge in [-0.05, 0) is 18.1 Å². The maximum Gasteiger partial charge on any atom is 0.338 e. The van der Waals surface area contributed by atoms with E-state index in [1.807, 2.05) is 13.8 Å². The molecule has 2 rings (SSSR count). The van der Waals surface area contributed by atoms with Gasteiger partial charge in [0, 0.05) is 6.54 Å². The molecule has 0 aromatic heterocycles. The molecule has 142 valence electrons. The number of hydrogen-bond acceptors (Lipinski definition) is 7. The van der Waals surface area contributed by atoms with Gasteiger partial charge < -0.3 is 24.3 Å². The van der Waals surface area contributed by atoms with Crippen LogP contribution in [0.1, 0.15) is 24.2 Å². The van der Waals surface area contributed by atoms with Crippen LogP contribution in [-0.4, -0.2) is 51.4 Å². The largest absolute Gasteiger partial charge is 0.493 e. The van der Waals surface area contributed by atoms with Crippen molar-refractivity contribution >= 4 is 17.9 Å². The predicted octanol–water partition coefficient (Wildman–Crippen LogP) is 1.10. The predicted molar refractivity (Wildman–Crippen MR) is 90.6 cm³/mol. The molecule has 1 aromatic carbocycles. The summed E-state index contributed by atoms with van der Waals surface area (Å²) >= 11 is 0. The molecular weight excluding hydrogens is 344 g/mol. The maximum absolute atomic E-state index is 12.1. The van der Waals surface area contributed by atoms with Crippen LogP contribution in [0.4, 0.5) is 4.79 Å². The van der Waals surface area contributed by atoms with Crippen molar-refractivity contribution in [1.29, 1.82) is 0 Å². The number of carbonyl (C=O) groups is 3. The van der Waals surface area contributed by atoms with E-state index in [0.29, 0.717) is 37.0 Å². The highest BCUT2D eigenvalue weighted by Gasteiger charge is 2.22. The Labute approximate surface area is 150 Å². The van der Waals surface area contributed by atoms with Crippen molar-refractivity contribution < 1.29 is 33.3 Å². The Morgan fingerprint density at radius 2 is 1.92 bits per heavy atom. The molecule has 2 N–H and O–H groups in total. The van der Waals surface area contributed by atoms with Crippen LogP contribution in [-0.2, 0) is 9.53 Å². The van der Waals surface area contributed by atoms with E-state index in [1.165, 1.54) is 19.2 Å².